The Morgan fingerprint density at radius 3 is 2.96 bits per heavy atom. The third-order valence-corrected chi connectivity index (χ3v) is 3.37. The molecule has 1 fully saturated rings. The molecule has 2 heterocycles. The average Bonchev–Trinajstić information content (AvgIpc) is 2.71. The molecule has 1 aromatic carbocycles. The molecule has 3 atom stereocenters. The summed E-state index contributed by atoms with van der Waals surface area (Å²) in [6.45, 7) is -4.45. The summed E-state index contributed by atoms with van der Waals surface area (Å²) < 4.78 is 146. The molecule has 2 aliphatic heterocycles. The summed E-state index contributed by atoms with van der Waals surface area (Å²) >= 11 is 0. The minimum Gasteiger partial charge on any atom is -0.493 e. The maximum absolute atomic E-state index is 11.3. The van der Waals surface area contributed by atoms with E-state index in [-0.39, 0.29) is 4.90 Å². The summed E-state index contributed by atoms with van der Waals surface area (Å²) in [6, 6.07) is -6.04. The zero-order chi connectivity index (χ0) is 30.7. The molecule has 0 aromatic heterocycles. The van der Waals surface area contributed by atoms with Gasteiger partial charge in [0.2, 0.25) is 0 Å². The van der Waals surface area contributed by atoms with Crippen LogP contribution < -0.4 is 9.47 Å². The first-order valence-electron chi connectivity index (χ1n) is 15.1. The third-order valence-electron chi connectivity index (χ3n) is 3.37. The van der Waals surface area contributed by atoms with Crippen LogP contribution in [-0.4, -0.2) is 43.2 Å². The molecule has 0 amide bonds. The SMILES string of the molecule is [2H]c1c(OC([2H])([2H])[2H])c(OC)c([2H])c2c1C([2H])([2H])C([2H])([2H])N1C([2H])([2H])C([2H])(CC(C)C)C([2H])(O)C([2H])([2H])C21[2H]. The van der Waals surface area contributed by atoms with E-state index in [1.165, 1.54) is 13.8 Å². The number of piperidine rings is 1. The van der Waals surface area contributed by atoms with Gasteiger partial charge in [0, 0.05) is 31.3 Å². The van der Waals surface area contributed by atoms with Gasteiger partial charge in [-0.2, -0.15) is 0 Å². The predicted octanol–water partition coefficient (Wildman–Crippen LogP) is 3.03. The number of hydrogen-bond donors (Lipinski definition) is 1. The van der Waals surface area contributed by atoms with Crippen molar-refractivity contribution in [3.8, 4) is 11.5 Å². The number of aliphatic hydroxyl groups is 1. The van der Waals surface area contributed by atoms with E-state index in [1.54, 1.807) is 0 Å². The molecule has 3 unspecified atom stereocenters. The quantitative estimate of drug-likeness (QED) is 0.918. The van der Waals surface area contributed by atoms with Crippen LogP contribution in [0.5, 0.6) is 11.5 Å². The highest BCUT2D eigenvalue weighted by Crippen LogP contribution is 2.43. The van der Waals surface area contributed by atoms with Crippen LogP contribution in [0.25, 0.3) is 0 Å². The lowest BCUT2D eigenvalue weighted by Gasteiger charge is -2.46. The second kappa shape index (κ2) is 6.70. The van der Waals surface area contributed by atoms with Gasteiger partial charge < -0.3 is 14.6 Å². The fourth-order valence-corrected chi connectivity index (χ4v) is 2.36. The summed E-state index contributed by atoms with van der Waals surface area (Å²) in [6.07, 6.45) is -11.9. The molecular formula is C19H29NO3. The van der Waals surface area contributed by atoms with Crippen molar-refractivity contribution in [2.45, 2.75) is 45.1 Å². The fraction of sp³-hybridized carbons (Fsp3) is 0.684. The van der Waals surface area contributed by atoms with Gasteiger partial charge in [0.1, 0.15) is 0 Å². The molecular weight excluding hydrogens is 290 g/mol. The first-order chi connectivity index (χ1) is 17.1. The molecule has 0 aliphatic carbocycles. The molecule has 4 heteroatoms. The van der Waals surface area contributed by atoms with Crippen LogP contribution in [0.1, 0.15) is 65.7 Å². The van der Waals surface area contributed by atoms with Crippen molar-refractivity contribution in [3.05, 3.63) is 23.2 Å². The van der Waals surface area contributed by atoms with Gasteiger partial charge in [-0.3, -0.25) is 4.90 Å². The standard InChI is InChI=1S/C19H29NO3/c1-12(2)7-14-11-20-6-5-13-8-18(22-3)19(23-4)9-15(13)16(20)10-17(14)21/h8-9,12,14,16-17,21H,5-7,10-11H2,1-4H3/i3D3,5D2,6D2,8D,9D,10D2,11D2,14D,16D,17D. The van der Waals surface area contributed by atoms with E-state index < -0.39 is 97.8 Å². The summed E-state index contributed by atoms with van der Waals surface area (Å²) in [5, 5.41) is 11.3. The van der Waals surface area contributed by atoms with Crippen molar-refractivity contribution >= 4 is 0 Å². The minimum absolute atomic E-state index is 0.227. The summed E-state index contributed by atoms with van der Waals surface area (Å²) in [7, 11) is -2.36. The number of ether oxygens (including phenoxy) is 2. The van der Waals surface area contributed by atoms with Crippen LogP contribution in [0.3, 0.4) is 0 Å². The molecule has 128 valence electrons. The normalized spacial score (nSPS) is 56.6. The molecule has 1 saturated heterocycles. The molecule has 3 rings (SSSR count). The molecule has 4 nitrogen and oxygen atoms in total. The average molecular weight is 336 g/mol. The van der Waals surface area contributed by atoms with Crippen LogP contribution >= 0.6 is 0 Å². The summed E-state index contributed by atoms with van der Waals surface area (Å²) in [5.41, 5.74) is -2.41. The van der Waals surface area contributed by atoms with E-state index >= 15 is 0 Å². The van der Waals surface area contributed by atoms with E-state index in [4.69, 9.17) is 30.0 Å². The van der Waals surface area contributed by atoms with Gasteiger partial charge in [-0.25, -0.2) is 0 Å². The number of methoxy groups -OCH3 is 2. The number of benzene rings is 1. The van der Waals surface area contributed by atoms with Crippen LogP contribution in [0.4, 0.5) is 0 Å². The van der Waals surface area contributed by atoms with Crippen molar-refractivity contribution in [1.82, 2.24) is 4.90 Å². The van der Waals surface area contributed by atoms with Gasteiger partial charge in [-0.1, -0.05) is 13.8 Å². The van der Waals surface area contributed by atoms with E-state index in [1.807, 2.05) is 0 Å². The number of nitrogens with zero attached hydrogens (tertiary/aromatic N) is 1. The van der Waals surface area contributed by atoms with Crippen molar-refractivity contribution in [2.24, 2.45) is 11.8 Å². The van der Waals surface area contributed by atoms with Gasteiger partial charge in [-0.15, -0.1) is 0 Å². The van der Waals surface area contributed by atoms with E-state index in [0.717, 1.165) is 7.11 Å². The van der Waals surface area contributed by atoms with E-state index in [2.05, 4.69) is 0 Å². The lowest BCUT2D eigenvalue weighted by Crippen LogP contribution is -2.48. The zero-order valence-electron chi connectivity index (χ0n) is 29.0. The minimum atomic E-state index is -3.83. The maximum Gasteiger partial charge on any atom is 0.161 e. The van der Waals surface area contributed by atoms with Crippen molar-refractivity contribution in [1.29, 1.82) is 0 Å². The Kier molecular flexibility index (Phi) is 1.72. The Bertz CT molecular complexity index is 1180. The van der Waals surface area contributed by atoms with Gasteiger partial charge in [0.25, 0.3) is 0 Å². The molecule has 1 aromatic rings. The van der Waals surface area contributed by atoms with Gasteiger partial charge in [0.05, 0.1) is 29.8 Å². The Balaban J connectivity index is 2.66. The number of hydrogen-bond acceptors (Lipinski definition) is 4. The lowest BCUT2D eigenvalue weighted by molar-refractivity contribution is -0.0191. The number of rotatable bonds is 4. The van der Waals surface area contributed by atoms with E-state index in [9.17, 15) is 6.48 Å². The fourth-order valence-electron chi connectivity index (χ4n) is 2.36. The van der Waals surface area contributed by atoms with Crippen molar-refractivity contribution in [3.63, 3.8) is 0 Å². The third kappa shape index (κ3) is 3.20. The lowest BCUT2D eigenvalue weighted by atomic mass is 9.79. The molecule has 1 N–H and O–H groups in total. The number of fused-ring (bicyclic) bond motifs is 3. The highest BCUT2D eigenvalue weighted by Gasteiger charge is 2.38. The Labute approximate surface area is 161 Å². The largest absolute Gasteiger partial charge is 0.493 e. The Morgan fingerprint density at radius 1 is 1.48 bits per heavy atom. The second-order valence-corrected chi connectivity index (χ2v) is 5.55. The second-order valence-electron chi connectivity index (χ2n) is 5.55. The molecule has 23 heavy (non-hydrogen) atoms. The van der Waals surface area contributed by atoms with E-state index in [0.29, 0.717) is 0 Å². The maximum atomic E-state index is 11.3. The topological polar surface area (TPSA) is 41.9 Å². The van der Waals surface area contributed by atoms with Gasteiger partial charge in [-0.05, 0) is 54.2 Å². The highest BCUT2D eigenvalue weighted by atomic mass is 16.5. The molecule has 0 radical (unpaired) electrons. The Hall–Kier alpha value is -1.26. The van der Waals surface area contributed by atoms with Gasteiger partial charge in [0.15, 0.2) is 11.5 Å². The first-order valence-corrected chi connectivity index (χ1v) is 7.08. The molecule has 0 bridgehead atoms. The van der Waals surface area contributed by atoms with Crippen LogP contribution in [0, 0.1) is 11.8 Å². The monoisotopic (exact) mass is 335 g/mol. The van der Waals surface area contributed by atoms with Crippen LogP contribution in [0.2, 0.25) is 0 Å². The van der Waals surface area contributed by atoms with Crippen molar-refractivity contribution in [2.75, 3.05) is 27.1 Å². The molecule has 0 saturated carbocycles. The molecule has 0 spiro atoms. The summed E-state index contributed by atoms with van der Waals surface area (Å²) in [4.78, 5) is -0.227. The smallest absolute Gasteiger partial charge is 0.161 e. The summed E-state index contributed by atoms with van der Waals surface area (Å²) in [5.74, 6) is -5.78. The van der Waals surface area contributed by atoms with Crippen molar-refractivity contribution < 1.29 is 36.5 Å². The highest BCUT2D eigenvalue weighted by molar-refractivity contribution is 5.49. The zero-order valence-corrected chi connectivity index (χ0v) is 13.0. The van der Waals surface area contributed by atoms with Gasteiger partial charge >= 0.3 is 0 Å². The first kappa shape index (κ1) is 5.92. The predicted molar refractivity (Wildman–Crippen MR) is 91.1 cm³/mol. The van der Waals surface area contributed by atoms with Crippen LogP contribution in [-0.2, 0) is 6.37 Å². The van der Waals surface area contributed by atoms with Crippen LogP contribution in [0.15, 0.2) is 12.1 Å². The molecule has 2 aliphatic rings. The Morgan fingerprint density at radius 2 is 2.26 bits per heavy atom.